The van der Waals surface area contributed by atoms with E-state index in [1.54, 1.807) is 11.3 Å². The molecule has 0 saturated heterocycles. The number of carbonyl (C=O) groups excluding carboxylic acids is 1. The highest BCUT2D eigenvalue weighted by Gasteiger charge is 2.42. The molecular formula is C15H17N3O4S. The van der Waals surface area contributed by atoms with Crippen LogP contribution in [0.3, 0.4) is 0 Å². The molecule has 0 bridgehead atoms. The van der Waals surface area contributed by atoms with E-state index in [1.807, 2.05) is 16.8 Å². The Morgan fingerprint density at radius 1 is 1.39 bits per heavy atom. The van der Waals surface area contributed by atoms with E-state index in [1.165, 1.54) is 0 Å². The van der Waals surface area contributed by atoms with Crippen LogP contribution in [-0.2, 0) is 16.0 Å². The molecule has 0 spiro atoms. The zero-order valence-corrected chi connectivity index (χ0v) is 13.3. The first-order valence-electron chi connectivity index (χ1n) is 7.49. The van der Waals surface area contributed by atoms with Crippen molar-refractivity contribution >= 4 is 23.2 Å². The third kappa shape index (κ3) is 3.42. The van der Waals surface area contributed by atoms with E-state index in [2.05, 4.69) is 15.5 Å². The molecule has 122 valence electrons. The van der Waals surface area contributed by atoms with Crippen LogP contribution in [0.2, 0.25) is 0 Å². The van der Waals surface area contributed by atoms with Gasteiger partial charge in [-0.15, -0.1) is 0 Å². The number of aryl methyl sites for hydroxylation is 1. The summed E-state index contributed by atoms with van der Waals surface area (Å²) < 4.78 is 5.13. The van der Waals surface area contributed by atoms with Crippen LogP contribution in [0.25, 0.3) is 11.4 Å². The van der Waals surface area contributed by atoms with Crippen molar-refractivity contribution in [1.29, 1.82) is 0 Å². The SMILES string of the molecule is O=C(CCc1nc(-c2ccsc2)no1)NC1(C(=O)O)CCCC1. The highest BCUT2D eigenvalue weighted by molar-refractivity contribution is 7.08. The predicted molar refractivity (Wildman–Crippen MR) is 82.9 cm³/mol. The van der Waals surface area contributed by atoms with Crippen molar-refractivity contribution in [2.75, 3.05) is 0 Å². The van der Waals surface area contributed by atoms with Crippen LogP contribution < -0.4 is 5.32 Å². The molecule has 0 radical (unpaired) electrons. The Hall–Kier alpha value is -2.22. The van der Waals surface area contributed by atoms with Gasteiger partial charge in [0.2, 0.25) is 17.6 Å². The molecule has 1 aliphatic rings. The van der Waals surface area contributed by atoms with E-state index in [0.717, 1.165) is 18.4 Å². The molecule has 2 aromatic rings. The van der Waals surface area contributed by atoms with Gasteiger partial charge in [0, 0.05) is 23.8 Å². The normalized spacial score (nSPS) is 16.3. The van der Waals surface area contributed by atoms with Crippen molar-refractivity contribution < 1.29 is 19.2 Å². The van der Waals surface area contributed by atoms with E-state index in [-0.39, 0.29) is 12.3 Å². The first kappa shape index (κ1) is 15.7. The average molecular weight is 335 g/mol. The largest absolute Gasteiger partial charge is 0.480 e. The average Bonchev–Trinajstić information content (AvgIpc) is 3.26. The van der Waals surface area contributed by atoms with Gasteiger partial charge in [0.05, 0.1) is 0 Å². The van der Waals surface area contributed by atoms with Crippen molar-refractivity contribution in [3.05, 3.63) is 22.7 Å². The highest BCUT2D eigenvalue weighted by atomic mass is 32.1. The first-order valence-corrected chi connectivity index (χ1v) is 8.43. The zero-order chi connectivity index (χ0) is 16.3. The molecule has 1 fully saturated rings. The van der Waals surface area contributed by atoms with Crippen molar-refractivity contribution in [3.8, 4) is 11.4 Å². The third-order valence-corrected chi connectivity index (χ3v) is 4.74. The van der Waals surface area contributed by atoms with Crippen LogP contribution >= 0.6 is 11.3 Å². The standard InChI is InChI=1S/C15H17N3O4S/c19-11(17-15(14(20)21)6-1-2-7-15)3-4-12-16-13(18-22-12)10-5-8-23-9-10/h5,8-9H,1-4,6-7H2,(H,17,19)(H,20,21). The minimum Gasteiger partial charge on any atom is -0.480 e. The van der Waals surface area contributed by atoms with Gasteiger partial charge in [-0.1, -0.05) is 18.0 Å². The maximum Gasteiger partial charge on any atom is 0.329 e. The molecule has 2 aromatic heterocycles. The predicted octanol–water partition coefficient (Wildman–Crippen LogP) is 2.24. The molecule has 23 heavy (non-hydrogen) atoms. The molecule has 0 aromatic carbocycles. The van der Waals surface area contributed by atoms with Gasteiger partial charge in [0.1, 0.15) is 5.54 Å². The second-order valence-electron chi connectivity index (χ2n) is 5.67. The summed E-state index contributed by atoms with van der Waals surface area (Å²) in [6.07, 6.45) is 3.02. The number of carboxylic acids is 1. The van der Waals surface area contributed by atoms with Gasteiger partial charge in [0.15, 0.2) is 0 Å². The van der Waals surface area contributed by atoms with E-state index in [0.29, 0.717) is 31.0 Å². The van der Waals surface area contributed by atoms with Gasteiger partial charge in [-0.2, -0.15) is 16.3 Å². The van der Waals surface area contributed by atoms with Crippen LogP contribution in [0.4, 0.5) is 0 Å². The van der Waals surface area contributed by atoms with Gasteiger partial charge in [0.25, 0.3) is 0 Å². The number of amides is 1. The quantitative estimate of drug-likeness (QED) is 0.839. The Bertz CT molecular complexity index is 689. The Kier molecular flexibility index (Phi) is 4.42. The minimum atomic E-state index is -1.10. The molecule has 0 atom stereocenters. The fourth-order valence-electron chi connectivity index (χ4n) is 2.79. The summed E-state index contributed by atoms with van der Waals surface area (Å²) in [5, 5.41) is 19.7. The fraction of sp³-hybridized carbons (Fsp3) is 0.467. The number of rotatable bonds is 6. The van der Waals surface area contributed by atoms with Crippen LogP contribution in [0.15, 0.2) is 21.3 Å². The first-order chi connectivity index (χ1) is 11.1. The summed E-state index contributed by atoms with van der Waals surface area (Å²) in [4.78, 5) is 27.7. The molecule has 2 heterocycles. The van der Waals surface area contributed by atoms with E-state index < -0.39 is 11.5 Å². The van der Waals surface area contributed by atoms with E-state index in [4.69, 9.17) is 4.52 Å². The lowest BCUT2D eigenvalue weighted by Gasteiger charge is -2.25. The molecular weight excluding hydrogens is 318 g/mol. The van der Waals surface area contributed by atoms with Gasteiger partial charge in [-0.05, 0) is 24.3 Å². The monoisotopic (exact) mass is 335 g/mol. The maximum absolute atomic E-state index is 12.1. The molecule has 0 unspecified atom stereocenters. The van der Waals surface area contributed by atoms with Gasteiger partial charge < -0.3 is 14.9 Å². The Morgan fingerprint density at radius 3 is 2.83 bits per heavy atom. The van der Waals surface area contributed by atoms with Crippen LogP contribution in [0.5, 0.6) is 0 Å². The summed E-state index contributed by atoms with van der Waals surface area (Å²) in [6.45, 7) is 0. The van der Waals surface area contributed by atoms with Crippen LogP contribution in [0, 0.1) is 0 Å². The van der Waals surface area contributed by atoms with Crippen molar-refractivity contribution in [2.45, 2.75) is 44.1 Å². The topological polar surface area (TPSA) is 105 Å². The third-order valence-electron chi connectivity index (χ3n) is 4.06. The zero-order valence-electron chi connectivity index (χ0n) is 12.4. The molecule has 2 N–H and O–H groups in total. The summed E-state index contributed by atoms with van der Waals surface area (Å²) >= 11 is 1.54. The van der Waals surface area contributed by atoms with Crippen LogP contribution in [-0.4, -0.2) is 32.7 Å². The number of aliphatic carboxylic acids is 1. The molecule has 3 rings (SSSR count). The van der Waals surface area contributed by atoms with E-state index >= 15 is 0 Å². The van der Waals surface area contributed by atoms with E-state index in [9.17, 15) is 14.7 Å². The Labute approximate surface area is 136 Å². The fourth-order valence-corrected chi connectivity index (χ4v) is 3.42. The number of hydrogen-bond acceptors (Lipinski definition) is 6. The Balaban J connectivity index is 1.56. The molecule has 1 aliphatic carbocycles. The molecule has 1 amide bonds. The number of nitrogens with zero attached hydrogens (tertiary/aromatic N) is 2. The smallest absolute Gasteiger partial charge is 0.329 e. The van der Waals surface area contributed by atoms with Crippen molar-refractivity contribution in [3.63, 3.8) is 0 Å². The number of carboxylic acid groups (broad SMARTS) is 1. The van der Waals surface area contributed by atoms with Crippen LogP contribution in [0.1, 0.15) is 38.0 Å². The Morgan fingerprint density at radius 2 is 2.17 bits per heavy atom. The van der Waals surface area contributed by atoms with Gasteiger partial charge >= 0.3 is 5.97 Å². The highest BCUT2D eigenvalue weighted by Crippen LogP contribution is 2.30. The van der Waals surface area contributed by atoms with Gasteiger partial charge in [-0.3, -0.25) is 4.79 Å². The maximum atomic E-state index is 12.1. The van der Waals surface area contributed by atoms with Crippen molar-refractivity contribution in [1.82, 2.24) is 15.5 Å². The number of carbonyl (C=O) groups is 2. The lowest BCUT2D eigenvalue weighted by Crippen LogP contribution is -2.52. The number of nitrogens with one attached hydrogen (secondary N) is 1. The lowest BCUT2D eigenvalue weighted by molar-refractivity contribution is -0.147. The molecule has 8 heteroatoms. The lowest BCUT2D eigenvalue weighted by atomic mass is 9.97. The second-order valence-corrected chi connectivity index (χ2v) is 6.45. The van der Waals surface area contributed by atoms with Crippen molar-refractivity contribution in [2.24, 2.45) is 0 Å². The number of hydrogen-bond donors (Lipinski definition) is 2. The molecule has 1 saturated carbocycles. The summed E-state index contributed by atoms with van der Waals surface area (Å²) in [7, 11) is 0. The second kappa shape index (κ2) is 6.49. The number of aromatic nitrogens is 2. The van der Waals surface area contributed by atoms with Gasteiger partial charge in [-0.25, -0.2) is 4.79 Å². The molecule has 7 nitrogen and oxygen atoms in total. The summed E-state index contributed by atoms with van der Waals surface area (Å²) in [6, 6.07) is 1.89. The summed E-state index contributed by atoms with van der Waals surface area (Å²) in [5.41, 5.74) is -0.224. The molecule has 0 aliphatic heterocycles. The minimum absolute atomic E-state index is 0.125. The number of thiophene rings is 1. The summed E-state index contributed by atoms with van der Waals surface area (Å²) in [5.74, 6) is -0.387.